The van der Waals surface area contributed by atoms with Gasteiger partial charge in [0.2, 0.25) is 5.91 Å². The lowest BCUT2D eigenvalue weighted by molar-refractivity contribution is -0.115. The van der Waals surface area contributed by atoms with Crippen LogP contribution in [0.3, 0.4) is 0 Å². The van der Waals surface area contributed by atoms with Crippen molar-refractivity contribution in [1.29, 1.82) is 0 Å². The van der Waals surface area contributed by atoms with Crippen LogP contribution >= 0.6 is 27.5 Å². The van der Waals surface area contributed by atoms with Crippen LogP contribution in [0.4, 0.5) is 14.5 Å². The standard InChI is InChI=1S/C15H11BrClF2NO/c1-8-5-10(16)14(7-11(8)17)20-15(21)6-9-12(18)3-2-4-13(9)19/h2-5,7H,6H2,1H3,(H,20,21). The van der Waals surface area contributed by atoms with Gasteiger partial charge in [0, 0.05) is 15.1 Å². The highest BCUT2D eigenvalue weighted by atomic mass is 79.9. The van der Waals surface area contributed by atoms with Crippen molar-refractivity contribution in [1.82, 2.24) is 0 Å². The summed E-state index contributed by atoms with van der Waals surface area (Å²) in [5, 5.41) is 3.07. The molecule has 0 atom stereocenters. The number of anilines is 1. The number of carbonyl (C=O) groups excluding carboxylic acids is 1. The fourth-order valence-electron chi connectivity index (χ4n) is 1.80. The number of hydrogen-bond donors (Lipinski definition) is 1. The van der Waals surface area contributed by atoms with Crippen LogP contribution in [0.1, 0.15) is 11.1 Å². The first-order valence-electron chi connectivity index (χ1n) is 6.07. The zero-order valence-corrected chi connectivity index (χ0v) is 13.4. The normalized spacial score (nSPS) is 10.5. The predicted molar refractivity (Wildman–Crippen MR) is 82.6 cm³/mol. The summed E-state index contributed by atoms with van der Waals surface area (Å²) in [5.74, 6) is -2.02. The van der Waals surface area contributed by atoms with E-state index in [1.165, 1.54) is 6.07 Å². The van der Waals surface area contributed by atoms with E-state index in [-0.39, 0.29) is 5.56 Å². The Balaban J connectivity index is 2.18. The molecule has 2 nitrogen and oxygen atoms in total. The van der Waals surface area contributed by atoms with Crippen LogP contribution in [0.5, 0.6) is 0 Å². The third kappa shape index (κ3) is 3.80. The van der Waals surface area contributed by atoms with Gasteiger partial charge in [-0.15, -0.1) is 0 Å². The minimum absolute atomic E-state index is 0.260. The fourth-order valence-corrected chi connectivity index (χ4v) is 2.52. The Labute approximate surface area is 134 Å². The van der Waals surface area contributed by atoms with Crippen LogP contribution in [0.25, 0.3) is 0 Å². The molecule has 0 aliphatic carbocycles. The second-order valence-corrected chi connectivity index (χ2v) is 5.77. The van der Waals surface area contributed by atoms with Crippen molar-refractivity contribution in [2.24, 2.45) is 0 Å². The molecule has 0 saturated heterocycles. The molecule has 1 N–H and O–H groups in total. The second-order valence-electron chi connectivity index (χ2n) is 4.51. The number of benzene rings is 2. The molecule has 0 aliphatic rings. The Kier molecular flexibility index (Phi) is 4.96. The summed E-state index contributed by atoms with van der Waals surface area (Å²) < 4.78 is 27.6. The Morgan fingerprint density at radius 2 is 1.90 bits per heavy atom. The Bertz CT molecular complexity index is 686. The summed E-state index contributed by atoms with van der Waals surface area (Å²) >= 11 is 9.29. The van der Waals surface area contributed by atoms with E-state index in [4.69, 9.17) is 11.6 Å². The molecule has 0 spiro atoms. The Morgan fingerprint density at radius 3 is 2.52 bits per heavy atom. The molecule has 2 aromatic carbocycles. The molecule has 0 saturated carbocycles. The predicted octanol–water partition coefficient (Wildman–Crippen LogP) is 4.87. The van der Waals surface area contributed by atoms with E-state index < -0.39 is 24.0 Å². The van der Waals surface area contributed by atoms with Crippen molar-refractivity contribution in [3.8, 4) is 0 Å². The largest absolute Gasteiger partial charge is 0.325 e. The minimum atomic E-state index is -0.744. The van der Waals surface area contributed by atoms with E-state index >= 15 is 0 Å². The Hall–Kier alpha value is -1.46. The van der Waals surface area contributed by atoms with Gasteiger partial charge in [0.25, 0.3) is 0 Å². The summed E-state index contributed by atoms with van der Waals surface area (Å²) in [6, 6.07) is 6.81. The maximum Gasteiger partial charge on any atom is 0.229 e. The third-order valence-electron chi connectivity index (χ3n) is 2.92. The van der Waals surface area contributed by atoms with Crippen molar-refractivity contribution in [3.05, 3.63) is 62.6 Å². The molecular weight excluding hydrogens is 364 g/mol. The van der Waals surface area contributed by atoms with Crippen LogP contribution in [0.2, 0.25) is 5.02 Å². The first-order valence-corrected chi connectivity index (χ1v) is 7.24. The van der Waals surface area contributed by atoms with E-state index in [1.54, 1.807) is 12.1 Å². The van der Waals surface area contributed by atoms with Crippen molar-refractivity contribution in [2.75, 3.05) is 5.32 Å². The molecule has 2 rings (SSSR count). The molecule has 0 aliphatic heterocycles. The molecule has 0 aromatic heterocycles. The van der Waals surface area contributed by atoms with Crippen molar-refractivity contribution >= 4 is 39.1 Å². The van der Waals surface area contributed by atoms with E-state index in [1.807, 2.05) is 6.92 Å². The lowest BCUT2D eigenvalue weighted by Gasteiger charge is -2.10. The molecule has 0 radical (unpaired) electrons. The summed E-state index contributed by atoms with van der Waals surface area (Å²) in [5.41, 5.74) is 1.04. The van der Waals surface area contributed by atoms with Gasteiger partial charge in [0.1, 0.15) is 11.6 Å². The molecule has 0 fully saturated rings. The van der Waals surface area contributed by atoms with Crippen LogP contribution in [0, 0.1) is 18.6 Å². The fraction of sp³-hybridized carbons (Fsp3) is 0.133. The Morgan fingerprint density at radius 1 is 1.29 bits per heavy atom. The van der Waals surface area contributed by atoms with Crippen LogP contribution in [-0.4, -0.2) is 5.91 Å². The maximum atomic E-state index is 13.5. The lowest BCUT2D eigenvalue weighted by atomic mass is 10.1. The van der Waals surface area contributed by atoms with Crippen molar-refractivity contribution < 1.29 is 13.6 Å². The summed E-state index contributed by atoms with van der Waals surface area (Å²) in [4.78, 5) is 11.9. The minimum Gasteiger partial charge on any atom is -0.325 e. The van der Waals surface area contributed by atoms with Gasteiger partial charge in [-0.2, -0.15) is 0 Å². The SMILES string of the molecule is Cc1cc(Br)c(NC(=O)Cc2c(F)cccc2F)cc1Cl. The summed E-state index contributed by atoms with van der Waals surface area (Å²) in [7, 11) is 0. The molecule has 110 valence electrons. The molecule has 0 unspecified atom stereocenters. The van der Waals surface area contributed by atoms with E-state index in [0.29, 0.717) is 15.2 Å². The van der Waals surface area contributed by atoms with Crippen LogP contribution in [-0.2, 0) is 11.2 Å². The topological polar surface area (TPSA) is 29.1 Å². The zero-order valence-electron chi connectivity index (χ0n) is 11.0. The molecule has 1 amide bonds. The third-order valence-corrected chi connectivity index (χ3v) is 3.98. The van der Waals surface area contributed by atoms with Gasteiger partial charge in [0.15, 0.2) is 0 Å². The van der Waals surface area contributed by atoms with Gasteiger partial charge in [-0.05, 0) is 52.7 Å². The molecule has 0 heterocycles. The average molecular weight is 375 g/mol. The first kappa shape index (κ1) is 15.9. The lowest BCUT2D eigenvalue weighted by Crippen LogP contribution is -2.16. The quantitative estimate of drug-likeness (QED) is 0.816. The van der Waals surface area contributed by atoms with Crippen LogP contribution < -0.4 is 5.32 Å². The highest BCUT2D eigenvalue weighted by Gasteiger charge is 2.14. The zero-order chi connectivity index (χ0) is 15.6. The van der Waals surface area contributed by atoms with Gasteiger partial charge in [-0.3, -0.25) is 4.79 Å². The van der Waals surface area contributed by atoms with Gasteiger partial charge in [0.05, 0.1) is 12.1 Å². The van der Waals surface area contributed by atoms with Gasteiger partial charge < -0.3 is 5.32 Å². The van der Waals surface area contributed by atoms with Gasteiger partial charge >= 0.3 is 0 Å². The number of nitrogens with one attached hydrogen (secondary N) is 1. The maximum absolute atomic E-state index is 13.5. The number of hydrogen-bond acceptors (Lipinski definition) is 1. The number of halogens is 4. The van der Waals surface area contributed by atoms with E-state index in [2.05, 4.69) is 21.2 Å². The highest BCUT2D eigenvalue weighted by molar-refractivity contribution is 9.10. The second kappa shape index (κ2) is 6.54. The number of rotatable bonds is 3. The molecule has 2 aromatic rings. The van der Waals surface area contributed by atoms with Gasteiger partial charge in [-0.1, -0.05) is 17.7 Å². The van der Waals surface area contributed by atoms with Crippen LogP contribution in [0.15, 0.2) is 34.8 Å². The van der Waals surface area contributed by atoms with E-state index in [9.17, 15) is 13.6 Å². The molecular formula is C15H11BrClF2NO. The summed E-state index contributed by atoms with van der Waals surface area (Å²) in [6.45, 7) is 1.83. The molecule has 21 heavy (non-hydrogen) atoms. The summed E-state index contributed by atoms with van der Waals surface area (Å²) in [6.07, 6.45) is -0.392. The average Bonchev–Trinajstić information content (AvgIpc) is 2.40. The van der Waals surface area contributed by atoms with Crippen molar-refractivity contribution in [2.45, 2.75) is 13.3 Å². The molecule has 0 bridgehead atoms. The first-order chi connectivity index (χ1) is 9.88. The van der Waals surface area contributed by atoms with Crippen molar-refractivity contribution in [3.63, 3.8) is 0 Å². The highest BCUT2D eigenvalue weighted by Crippen LogP contribution is 2.29. The number of amides is 1. The van der Waals surface area contributed by atoms with E-state index in [0.717, 1.165) is 17.7 Å². The monoisotopic (exact) mass is 373 g/mol. The number of aryl methyl sites for hydroxylation is 1. The number of carbonyl (C=O) groups is 1. The molecule has 6 heteroatoms. The smallest absolute Gasteiger partial charge is 0.229 e. The van der Waals surface area contributed by atoms with Gasteiger partial charge in [-0.25, -0.2) is 8.78 Å².